The molecule has 6 nitrogen and oxygen atoms in total. The SMILES string of the molecule is CCn1c(SCC(=O)NCCc2ccccc2C)nnc1-c1ccncc1. The zero-order valence-corrected chi connectivity index (χ0v) is 16.4. The van der Waals surface area contributed by atoms with Gasteiger partial charge in [0.2, 0.25) is 5.91 Å². The van der Waals surface area contributed by atoms with Crippen molar-refractivity contribution in [3.8, 4) is 11.4 Å². The van der Waals surface area contributed by atoms with Gasteiger partial charge in [0.25, 0.3) is 0 Å². The van der Waals surface area contributed by atoms with E-state index in [9.17, 15) is 4.79 Å². The van der Waals surface area contributed by atoms with E-state index in [2.05, 4.69) is 39.6 Å². The maximum Gasteiger partial charge on any atom is 0.230 e. The molecule has 2 aromatic heterocycles. The fourth-order valence-electron chi connectivity index (χ4n) is 2.80. The molecule has 0 spiro atoms. The van der Waals surface area contributed by atoms with Crippen molar-refractivity contribution in [2.45, 2.75) is 32.0 Å². The fourth-order valence-corrected chi connectivity index (χ4v) is 3.64. The molecule has 0 unspecified atom stereocenters. The first kappa shape index (κ1) is 19.1. The lowest BCUT2D eigenvalue weighted by molar-refractivity contribution is -0.118. The lowest BCUT2D eigenvalue weighted by Crippen LogP contribution is -2.27. The molecule has 0 aliphatic carbocycles. The average molecular weight is 382 g/mol. The van der Waals surface area contributed by atoms with Crippen molar-refractivity contribution in [2.75, 3.05) is 12.3 Å². The summed E-state index contributed by atoms with van der Waals surface area (Å²) < 4.78 is 2.01. The van der Waals surface area contributed by atoms with Crippen molar-refractivity contribution >= 4 is 17.7 Å². The number of aryl methyl sites for hydroxylation is 1. The van der Waals surface area contributed by atoms with Gasteiger partial charge in [-0.1, -0.05) is 36.0 Å². The summed E-state index contributed by atoms with van der Waals surface area (Å²) in [6.45, 7) is 5.50. The Morgan fingerprint density at radius 1 is 1.15 bits per heavy atom. The highest BCUT2D eigenvalue weighted by Crippen LogP contribution is 2.23. The predicted molar refractivity (Wildman–Crippen MR) is 108 cm³/mol. The van der Waals surface area contributed by atoms with Gasteiger partial charge in [0.1, 0.15) is 0 Å². The molecule has 0 bridgehead atoms. The Bertz CT molecular complexity index is 894. The standard InChI is InChI=1S/C20H23N5OS/c1-3-25-19(17-8-11-21-12-9-17)23-24-20(25)27-14-18(26)22-13-10-16-7-5-4-6-15(16)2/h4-9,11-12H,3,10,13-14H2,1-2H3,(H,22,26). The second-order valence-corrected chi connectivity index (χ2v) is 7.04. The summed E-state index contributed by atoms with van der Waals surface area (Å²) >= 11 is 1.41. The molecule has 3 aromatic rings. The van der Waals surface area contributed by atoms with Gasteiger partial charge in [0.05, 0.1) is 5.75 Å². The van der Waals surface area contributed by atoms with Gasteiger partial charge in [-0.05, 0) is 43.5 Å². The Labute approximate surface area is 163 Å². The summed E-state index contributed by atoms with van der Waals surface area (Å²) in [5.74, 6) is 1.12. The summed E-state index contributed by atoms with van der Waals surface area (Å²) in [7, 11) is 0. The van der Waals surface area contributed by atoms with Gasteiger partial charge in [-0.25, -0.2) is 0 Å². The van der Waals surface area contributed by atoms with Crippen molar-refractivity contribution in [3.63, 3.8) is 0 Å². The Balaban J connectivity index is 1.53. The molecule has 1 aromatic carbocycles. The van der Waals surface area contributed by atoms with Crippen LogP contribution in [0.2, 0.25) is 0 Å². The molecule has 0 saturated carbocycles. The molecule has 2 heterocycles. The molecule has 0 fully saturated rings. The van der Waals surface area contributed by atoms with Crippen molar-refractivity contribution < 1.29 is 4.79 Å². The first-order valence-electron chi connectivity index (χ1n) is 8.96. The number of hydrogen-bond acceptors (Lipinski definition) is 5. The van der Waals surface area contributed by atoms with Crippen LogP contribution in [0.15, 0.2) is 53.9 Å². The summed E-state index contributed by atoms with van der Waals surface area (Å²) in [5.41, 5.74) is 3.48. The zero-order chi connectivity index (χ0) is 19.1. The Morgan fingerprint density at radius 2 is 1.93 bits per heavy atom. The van der Waals surface area contributed by atoms with Crippen molar-refractivity contribution in [1.29, 1.82) is 0 Å². The summed E-state index contributed by atoms with van der Waals surface area (Å²) in [5, 5.41) is 12.3. The van der Waals surface area contributed by atoms with Crippen LogP contribution in [0.4, 0.5) is 0 Å². The van der Waals surface area contributed by atoms with E-state index in [1.807, 2.05) is 35.8 Å². The van der Waals surface area contributed by atoms with Crippen molar-refractivity contribution in [1.82, 2.24) is 25.1 Å². The molecule has 0 saturated heterocycles. The normalized spacial score (nSPS) is 10.7. The maximum absolute atomic E-state index is 12.2. The smallest absolute Gasteiger partial charge is 0.230 e. The number of thioether (sulfide) groups is 1. The van der Waals surface area contributed by atoms with Crippen LogP contribution in [0.3, 0.4) is 0 Å². The second kappa shape index (κ2) is 9.32. The van der Waals surface area contributed by atoms with E-state index in [4.69, 9.17) is 0 Å². The Kier molecular flexibility index (Phi) is 6.59. The largest absolute Gasteiger partial charge is 0.355 e. The molecule has 1 amide bonds. The number of hydrogen-bond donors (Lipinski definition) is 1. The van der Waals surface area contributed by atoms with Gasteiger partial charge < -0.3 is 9.88 Å². The summed E-state index contributed by atoms with van der Waals surface area (Å²) in [6, 6.07) is 12.0. The third-order valence-corrected chi connectivity index (χ3v) is 5.25. The topological polar surface area (TPSA) is 72.7 Å². The quantitative estimate of drug-likeness (QED) is 0.607. The highest BCUT2D eigenvalue weighted by Gasteiger charge is 2.14. The van der Waals surface area contributed by atoms with Crippen LogP contribution in [0.1, 0.15) is 18.1 Å². The molecular weight excluding hydrogens is 358 g/mol. The first-order valence-corrected chi connectivity index (χ1v) is 9.95. The minimum absolute atomic E-state index is 0.00435. The minimum atomic E-state index is 0.00435. The highest BCUT2D eigenvalue weighted by atomic mass is 32.2. The molecule has 140 valence electrons. The number of carbonyl (C=O) groups excluding carboxylic acids is 1. The number of amides is 1. The first-order chi connectivity index (χ1) is 13.2. The zero-order valence-electron chi connectivity index (χ0n) is 15.6. The predicted octanol–water partition coefficient (Wildman–Crippen LogP) is 3.12. The van der Waals surface area contributed by atoms with E-state index < -0.39 is 0 Å². The van der Waals surface area contributed by atoms with Crippen LogP contribution >= 0.6 is 11.8 Å². The molecule has 27 heavy (non-hydrogen) atoms. The number of aromatic nitrogens is 4. The van der Waals surface area contributed by atoms with Gasteiger partial charge >= 0.3 is 0 Å². The molecule has 7 heteroatoms. The molecule has 3 rings (SSSR count). The van der Waals surface area contributed by atoms with Crippen molar-refractivity contribution in [3.05, 3.63) is 59.9 Å². The van der Waals surface area contributed by atoms with E-state index >= 15 is 0 Å². The lowest BCUT2D eigenvalue weighted by Gasteiger charge is -2.08. The van der Waals surface area contributed by atoms with Crippen LogP contribution in [0.5, 0.6) is 0 Å². The van der Waals surface area contributed by atoms with E-state index in [-0.39, 0.29) is 5.91 Å². The summed E-state index contributed by atoms with van der Waals surface area (Å²) in [6.07, 6.45) is 4.30. The van der Waals surface area contributed by atoms with Crippen LogP contribution in [-0.2, 0) is 17.8 Å². The van der Waals surface area contributed by atoms with Crippen molar-refractivity contribution in [2.24, 2.45) is 0 Å². The molecule has 0 atom stereocenters. The van der Waals surface area contributed by atoms with Crippen LogP contribution in [0, 0.1) is 6.92 Å². The number of pyridine rings is 1. The van der Waals surface area contributed by atoms with E-state index in [0.29, 0.717) is 12.3 Å². The highest BCUT2D eigenvalue weighted by molar-refractivity contribution is 7.99. The van der Waals surface area contributed by atoms with Gasteiger partial charge in [-0.3, -0.25) is 9.78 Å². The van der Waals surface area contributed by atoms with Gasteiger partial charge in [-0.2, -0.15) is 0 Å². The van der Waals surface area contributed by atoms with Gasteiger partial charge in [0, 0.05) is 31.0 Å². The van der Waals surface area contributed by atoms with Gasteiger partial charge in [-0.15, -0.1) is 10.2 Å². The number of nitrogens with one attached hydrogen (secondary N) is 1. The number of benzene rings is 1. The molecule has 0 aliphatic rings. The van der Waals surface area contributed by atoms with Gasteiger partial charge in [0.15, 0.2) is 11.0 Å². The lowest BCUT2D eigenvalue weighted by atomic mass is 10.1. The third-order valence-electron chi connectivity index (χ3n) is 4.28. The monoisotopic (exact) mass is 381 g/mol. The Hall–Kier alpha value is -2.67. The minimum Gasteiger partial charge on any atom is -0.355 e. The van der Waals surface area contributed by atoms with Crippen LogP contribution < -0.4 is 5.32 Å². The van der Waals surface area contributed by atoms with E-state index in [1.54, 1.807) is 12.4 Å². The number of carbonyl (C=O) groups is 1. The fraction of sp³-hybridized carbons (Fsp3) is 0.300. The number of nitrogens with zero attached hydrogens (tertiary/aromatic N) is 4. The molecular formula is C20H23N5OS. The van der Waals surface area contributed by atoms with Crippen LogP contribution in [0.25, 0.3) is 11.4 Å². The Morgan fingerprint density at radius 3 is 2.67 bits per heavy atom. The van der Waals surface area contributed by atoms with E-state index in [1.165, 1.54) is 22.9 Å². The second-order valence-electron chi connectivity index (χ2n) is 6.10. The summed E-state index contributed by atoms with van der Waals surface area (Å²) in [4.78, 5) is 16.2. The molecule has 1 N–H and O–H groups in total. The average Bonchev–Trinajstić information content (AvgIpc) is 3.11. The molecule has 0 radical (unpaired) electrons. The van der Waals surface area contributed by atoms with Crippen LogP contribution in [-0.4, -0.2) is 38.0 Å². The third kappa shape index (κ3) is 4.95. The maximum atomic E-state index is 12.2. The van der Waals surface area contributed by atoms with E-state index in [0.717, 1.165) is 29.5 Å². The molecule has 0 aliphatic heterocycles. The number of rotatable bonds is 8.